The molecule has 2 N–H and O–H groups in total. The molecule has 0 saturated heterocycles. The highest BCUT2D eigenvalue weighted by molar-refractivity contribution is 5.75. The van der Waals surface area contributed by atoms with E-state index < -0.39 is 6.16 Å². The standard InChI is InChI=1S/C6H4.CH2O3/c1-2-6-4-3-5(1)6;2-1(3)4/h1-4H;(H2,2,3,4). The first-order valence-corrected chi connectivity index (χ1v) is 2.72. The van der Waals surface area contributed by atoms with Crippen molar-refractivity contribution in [1.29, 1.82) is 0 Å². The molecular formula is C7H6O3. The minimum atomic E-state index is -1.83. The predicted molar refractivity (Wildman–Crippen MR) is 36.1 cm³/mol. The highest BCUT2D eigenvalue weighted by Gasteiger charge is 2.03. The van der Waals surface area contributed by atoms with Crippen LogP contribution in [0.2, 0.25) is 0 Å². The number of benzene rings is 1. The van der Waals surface area contributed by atoms with Crippen molar-refractivity contribution in [2.45, 2.75) is 0 Å². The Morgan fingerprint density at radius 2 is 1.20 bits per heavy atom. The van der Waals surface area contributed by atoms with Gasteiger partial charge in [-0.2, -0.15) is 0 Å². The van der Waals surface area contributed by atoms with Crippen LogP contribution in [0.1, 0.15) is 0 Å². The highest BCUT2D eigenvalue weighted by Crippen LogP contribution is 2.29. The number of carboxylic acid groups (broad SMARTS) is 2. The minimum Gasteiger partial charge on any atom is -0.450 e. The number of hydrogen-bond donors (Lipinski definition) is 2. The van der Waals surface area contributed by atoms with Gasteiger partial charge in [-0.3, -0.25) is 0 Å². The second-order valence-electron chi connectivity index (χ2n) is 1.86. The molecule has 0 aromatic rings. The molecule has 3 heteroatoms. The van der Waals surface area contributed by atoms with Crippen LogP contribution in [0.25, 0.3) is 11.1 Å². The number of fused-ring (bicyclic) bond motifs is 1. The van der Waals surface area contributed by atoms with Crippen molar-refractivity contribution in [2.75, 3.05) is 0 Å². The maximum atomic E-state index is 8.56. The molecule has 0 fully saturated rings. The summed E-state index contributed by atoms with van der Waals surface area (Å²) >= 11 is 0. The second-order valence-corrected chi connectivity index (χ2v) is 1.86. The summed E-state index contributed by atoms with van der Waals surface area (Å²) in [5.74, 6) is 0. The molecule has 0 radical (unpaired) electrons. The molecule has 0 aromatic carbocycles. The molecule has 0 spiro atoms. The zero-order valence-corrected chi connectivity index (χ0v) is 5.11. The van der Waals surface area contributed by atoms with Gasteiger partial charge in [0.1, 0.15) is 0 Å². The number of rotatable bonds is 0. The normalized spacial score (nSPS) is 9.20. The van der Waals surface area contributed by atoms with E-state index in [1.165, 1.54) is 11.1 Å². The average Bonchev–Trinajstić information content (AvgIpc) is 1.77. The molecule has 0 atom stereocenters. The molecule has 0 heterocycles. The van der Waals surface area contributed by atoms with Crippen LogP contribution in [-0.4, -0.2) is 16.4 Å². The van der Waals surface area contributed by atoms with Crippen molar-refractivity contribution in [3.05, 3.63) is 24.3 Å². The summed E-state index contributed by atoms with van der Waals surface area (Å²) in [6.07, 6.45) is -1.83. The van der Waals surface area contributed by atoms with E-state index in [9.17, 15) is 0 Å². The Kier molecular flexibility index (Phi) is 1.58. The van der Waals surface area contributed by atoms with Gasteiger partial charge in [0.15, 0.2) is 0 Å². The monoisotopic (exact) mass is 138 g/mol. The molecule has 0 aliphatic heterocycles. The third kappa shape index (κ3) is 1.25. The van der Waals surface area contributed by atoms with E-state index in [4.69, 9.17) is 15.0 Å². The maximum Gasteiger partial charge on any atom is 0.503 e. The average molecular weight is 138 g/mol. The van der Waals surface area contributed by atoms with E-state index >= 15 is 0 Å². The first-order valence-electron chi connectivity index (χ1n) is 2.72. The molecule has 0 aromatic heterocycles. The van der Waals surface area contributed by atoms with Crippen LogP contribution in [0.15, 0.2) is 24.3 Å². The van der Waals surface area contributed by atoms with Crippen molar-refractivity contribution in [2.24, 2.45) is 0 Å². The summed E-state index contributed by atoms with van der Waals surface area (Å²) in [7, 11) is 0. The van der Waals surface area contributed by atoms with Gasteiger partial charge in [-0.15, -0.1) is 0 Å². The summed E-state index contributed by atoms with van der Waals surface area (Å²) in [6.45, 7) is 0. The van der Waals surface area contributed by atoms with Crippen LogP contribution >= 0.6 is 0 Å². The first-order chi connectivity index (χ1) is 4.70. The first kappa shape index (κ1) is 6.61. The zero-order valence-electron chi connectivity index (χ0n) is 5.11. The molecule has 2 aliphatic rings. The van der Waals surface area contributed by atoms with E-state index in [-0.39, 0.29) is 0 Å². The van der Waals surface area contributed by atoms with Crippen molar-refractivity contribution < 1.29 is 15.0 Å². The summed E-state index contributed by atoms with van der Waals surface area (Å²) in [4.78, 5) is 8.56. The highest BCUT2D eigenvalue weighted by atomic mass is 16.6. The third-order valence-electron chi connectivity index (χ3n) is 1.22. The van der Waals surface area contributed by atoms with Gasteiger partial charge < -0.3 is 10.2 Å². The van der Waals surface area contributed by atoms with Gasteiger partial charge in [-0.05, 0) is 11.1 Å². The Labute approximate surface area is 57.5 Å². The minimum absolute atomic E-state index is 1.43. The van der Waals surface area contributed by atoms with Crippen LogP contribution in [0.4, 0.5) is 4.79 Å². The lowest BCUT2D eigenvalue weighted by molar-refractivity contribution is 0.137. The number of carbonyl (C=O) groups is 1. The van der Waals surface area contributed by atoms with Gasteiger partial charge in [0, 0.05) is 0 Å². The Morgan fingerprint density at radius 3 is 1.20 bits per heavy atom. The zero-order chi connectivity index (χ0) is 7.56. The predicted octanol–water partition coefficient (Wildman–Crippen LogP) is 1.89. The fourth-order valence-electron chi connectivity index (χ4n) is 0.663. The number of hydrogen-bond acceptors (Lipinski definition) is 1. The topological polar surface area (TPSA) is 57.5 Å². The van der Waals surface area contributed by atoms with E-state index in [0.29, 0.717) is 0 Å². The van der Waals surface area contributed by atoms with Crippen LogP contribution in [-0.2, 0) is 0 Å². The molecule has 0 amide bonds. The lowest BCUT2D eigenvalue weighted by atomic mass is 9.95. The summed E-state index contributed by atoms with van der Waals surface area (Å²) in [6, 6.07) is 8.48. The van der Waals surface area contributed by atoms with Crippen molar-refractivity contribution in [3.63, 3.8) is 0 Å². The molecule has 2 aliphatic carbocycles. The maximum absolute atomic E-state index is 8.56. The smallest absolute Gasteiger partial charge is 0.450 e. The Hall–Kier alpha value is -1.51. The molecule has 0 bridgehead atoms. The Morgan fingerprint density at radius 1 is 1.00 bits per heavy atom. The third-order valence-corrected chi connectivity index (χ3v) is 1.22. The van der Waals surface area contributed by atoms with Crippen molar-refractivity contribution in [1.82, 2.24) is 0 Å². The Bertz CT molecular complexity index is 213. The van der Waals surface area contributed by atoms with Gasteiger partial charge >= 0.3 is 6.16 Å². The molecule has 10 heavy (non-hydrogen) atoms. The van der Waals surface area contributed by atoms with Gasteiger partial charge in [0.2, 0.25) is 0 Å². The summed E-state index contributed by atoms with van der Waals surface area (Å²) < 4.78 is 0. The van der Waals surface area contributed by atoms with E-state index in [2.05, 4.69) is 24.3 Å². The van der Waals surface area contributed by atoms with Crippen LogP contribution in [0, 0.1) is 0 Å². The van der Waals surface area contributed by atoms with Crippen molar-refractivity contribution in [3.8, 4) is 11.1 Å². The lowest BCUT2D eigenvalue weighted by Crippen LogP contribution is -1.85. The van der Waals surface area contributed by atoms with Crippen LogP contribution < -0.4 is 0 Å². The molecule has 52 valence electrons. The largest absolute Gasteiger partial charge is 0.503 e. The summed E-state index contributed by atoms with van der Waals surface area (Å²) in [5.41, 5.74) is 2.85. The molecule has 0 unspecified atom stereocenters. The molecule has 3 nitrogen and oxygen atoms in total. The molecule has 2 rings (SSSR count). The van der Waals surface area contributed by atoms with Gasteiger partial charge in [-0.1, -0.05) is 24.3 Å². The van der Waals surface area contributed by atoms with Gasteiger partial charge in [0.05, 0.1) is 0 Å². The Balaban J connectivity index is 0.000000112. The van der Waals surface area contributed by atoms with E-state index in [1.807, 2.05) is 0 Å². The van der Waals surface area contributed by atoms with E-state index in [0.717, 1.165) is 0 Å². The van der Waals surface area contributed by atoms with Gasteiger partial charge in [0.25, 0.3) is 0 Å². The van der Waals surface area contributed by atoms with Crippen LogP contribution in [0.3, 0.4) is 0 Å². The summed E-state index contributed by atoms with van der Waals surface area (Å²) in [5, 5.41) is 13.9. The second kappa shape index (κ2) is 2.39. The van der Waals surface area contributed by atoms with E-state index in [1.54, 1.807) is 0 Å². The lowest BCUT2D eigenvalue weighted by Gasteiger charge is -2.10. The molecular weight excluding hydrogens is 132 g/mol. The molecule has 0 saturated carbocycles. The van der Waals surface area contributed by atoms with Crippen molar-refractivity contribution >= 4 is 6.16 Å². The fourth-order valence-corrected chi connectivity index (χ4v) is 0.663. The van der Waals surface area contributed by atoms with Gasteiger partial charge in [-0.25, -0.2) is 4.79 Å². The SMILES string of the molecule is O=C(O)O.c1cc2ccc1-2. The van der Waals surface area contributed by atoms with Crippen LogP contribution in [0.5, 0.6) is 0 Å². The quantitative estimate of drug-likeness (QED) is 0.584. The fraction of sp³-hybridized carbons (Fsp3) is 0.